The molecular weight excluding hydrogens is 853 g/mol. The van der Waals surface area contributed by atoms with Gasteiger partial charge in [-0.05, 0) is 135 Å². The third kappa shape index (κ3) is 7.39. The molecule has 12 rings (SSSR count). The van der Waals surface area contributed by atoms with Gasteiger partial charge in [0.1, 0.15) is 8.07 Å². The Hall–Kier alpha value is -8.38. The Bertz CT molecular complexity index is 3540. The lowest BCUT2D eigenvalue weighted by molar-refractivity contribution is 1.18. The second-order valence-corrected chi connectivity index (χ2v) is 23.2. The van der Waals surface area contributed by atoms with Crippen LogP contribution in [0.5, 0.6) is 0 Å². The largest absolute Gasteiger partial charge is 0.310 e. The van der Waals surface area contributed by atoms with Gasteiger partial charge < -0.3 is 18.9 Å². The van der Waals surface area contributed by atoms with E-state index in [1.54, 1.807) is 0 Å². The number of anilines is 6. The van der Waals surface area contributed by atoms with E-state index in [1.807, 2.05) is 0 Å². The van der Waals surface area contributed by atoms with Gasteiger partial charge >= 0.3 is 0 Å². The van der Waals surface area contributed by atoms with Crippen LogP contribution in [0.25, 0.3) is 55.0 Å². The van der Waals surface area contributed by atoms with Crippen molar-refractivity contribution >= 4 is 96.2 Å². The Labute approximate surface area is 405 Å². The SMILES string of the molecule is Cc1ccc(N(c2ccc([Si](C)(C)c3ccc(N(c4ccc(C)cc4)c4ccc5c(c4)c4ccccc4n5-c4ccccc4)cc3)cc2)c2ccc3c(c2)c2ccccc2n3-c2ccccc2)cc1. The molecule has 0 aliphatic rings. The Morgan fingerprint density at radius 1 is 0.290 bits per heavy atom. The summed E-state index contributed by atoms with van der Waals surface area (Å²) in [5.74, 6) is 0. The molecule has 0 unspecified atom stereocenters. The van der Waals surface area contributed by atoms with Crippen molar-refractivity contribution in [2.24, 2.45) is 0 Å². The topological polar surface area (TPSA) is 16.3 Å². The van der Waals surface area contributed by atoms with Gasteiger partial charge in [0, 0.05) is 67.0 Å². The molecule has 0 fully saturated rings. The molecule has 12 aromatic rings. The van der Waals surface area contributed by atoms with Gasteiger partial charge in [-0.15, -0.1) is 0 Å². The number of benzene rings is 10. The molecule has 0 saturated carbocycles. The summed E-state index contributed by atoms with van der Waals surface area (Å²) >= 11 is 0. The Morgan fingerprint density at radius 2 is 0.594 bits per heavy atom. The molecular formula is C64H52N4Si. The van der Waals surface area contributed by atoms with Crippen molar-refractivity contribution in [1.29, 1.82) is 0 Å². The summed E-state index contributed by atoms with van der Waals surface area (Å²) in [5.41, 5.74) is 16.4. The first-order valence-electron chi connectivity index (χ1n) is 23.9. The predicted molar refractivity (Wildman–Crippen MR) is 297 cm³/mol. The van der Waals surface area contributed by atoms with Gasteiger partial charge in [0.2, 0.25) is 0 Å². The van der Waals surface area contributed by atoms with Crippen LogP contribution >= 0.6 is 0 Å². The molecule has 10 aromatic carbocycles. The van der Waals surface area contributed by atoms with Crippen LogP contribution in [0, 0.1) is 13.8 Å². The Kier molecular flexibility index (Phi) is 10.4. The summed E-state index contributed by atoms with van der Waals surface area (Å²) in [6.07, 6.45) is 0. The number of nitrogens with zero attached hydrogens (tertiary/aromatic N) is 4. The smallest absolute Gasteiger partial charge is 0.112 e. The van der Waals surface area contributed by atoms with Crippen molar-refractivity contribution in [2.75, 3.05) is 9.80 Å². The highest BCUT2D eigenvalue weighted by molar-refractivity contribution is 7.00. The maximum Gasteiger partial charge on any atom is 0.112 e. The monoisotopic (exact) mass is 904 g/mol. The zero-order valence-electron chi connectivity index (χ0n) is 39.4. The van der Waals surface area contributed by atoms with E-state index in [1.165, 1.54) is 65.1 Å². The van der Waals surface area contributed by atoms with E-state index in [0.29, 0.717) is 0 Å². The molecule has 2 aromatic heterocycles. The van der Waals surface area contributed by atoms with Gasteiger partial charge in [-0.25, -0.2) is 0 Å². The highest BCUT2D eigenvalue weighted by atomic mass is 28.3. The molecule has 0 N–H and O–H groups in total. The maximum atomic E-state index is 2.47. The van der Waals surface area contributed by atoms with E-state index >= 15 is 0 Å². The number of aryl methyl sites for hydroxylation is 2. The summed E-state index contributed by atoms with van der Waals surface area (Å²) in [6.45, 7) is 9.25. The molecule has 332 valence electrons. The quantitative estimate of drug-likeness (QED) is 0.127. The average molecular weight is 905 g/mol. The van der Waals surface area contributed by atoms with E-state index in [4.69, 9.17) is 0 Å². The van der Waals surface area contributed by atoms with Crippen molar-refractivity contribution in [2.45, 2.75) is 26.9 Å². The highest BCUT2D eigenvalue weighted by Crippen LogP contribution is 2.42. The number of aromatic nitrogens is 2. The minimum Gasteiger partial charge on any atom is -0.310 e. The van der Waals surface area contributed by atoms with Crippen LogP contribution < -0.4 is 20.2 Å². The number of hydrogen-bond acceptors (Lipinski definition) is 2. The molecule has 5 heteroatoms. The van der Waals surface area contributed by atoms with Gasteiger partial charge in [0.25, 0.3) is 0 Å². The molecule has 0 amide bonds. The van der Waals surface area contributed by atoms with Crippen molar-refractivity contribution in [3.8, 4) is 11.4 Å². The number of hydrogen-bond donors (Lipinski definition) is 0. The zero-order valence-corrected chi connectivity index (χ0v) is 40.4. The first-order chi connectivity index (χ1) is 33.8. The summed E-state index contributed by atoms with van der Waals surface area (Å²) in [4.78, 5) is 4.80. The maximum absolute atomic E-state index is 2.47. The molecule has 69 heavy (non-hydrogen) atoms. The van der Waals surface area contributed by atoms with E-state index in [0.717, 1.165) is 45.5 Å². The van der Waals surface area contributed by atoms with Crippen LogP contribution in [0.3, 0.4) is 0 Å². The first-order valence-corrected chi connectivity index (χ1v) is 26.9. The molecule has 0 aliphatic carbocycles. The van der Waals surface area contributed by atoms with Crippen LogP contribution in [0.4, 0.5) is 34.1 Å². The third-order valence-corrected chi connectivity index (χ3v) is 17.7. The molecule has 0 aliphatic heterocycles. The Balaban J connectivity index is 0.898. The van der Waals surface area contributed by atoms with Crippen LogP contribution in [0.15, 0.2) is 243 Å². The normalized spacial score (nSPS) is 11.8. The van der Waals surface area contributed by atoms with Crippen molar-refractivity contribution in [3.63, 3.8) is 0 Å². The predicted octanol–water partition coefficient (Wildman–Crippen LogP) is 16.3. The fourth-order valence-corrected chi connectivity index (χ4v) is 12.7. The summed E-state index contributed by atoms with van der Waals surface area (Å²) in [5, 5.41) is 7.72. The number of fused-ring (bicyclic) bond motifs is 6. The zero-order chi connectivity index (χ0) is 46.6. The van der Waals surface area contributed by atoms with Gasteiger partial charge in [0.05, 0.1) is 22.1 Å². The van der Waals surface area contributed by atoms with Crippen molar-refractivity contribution in [1.82, 2.24) is 9.13 Å². The van der Waals surface area contributed by atoms with Gasteiger partial charge in [-0.2, -0.15) is 0 Å². The minimum atomic E-state index is -2.14. The third-order valence-electron chi connectivity index (χ3n) is 14.1. The molecule has 0 spiro atoms. The lowest BCUT2D eigenvalue weighted by Crippen LogP contribution is -2.52. The summed E-state index contributed by atoms with van der Waals surface area (Å²) in [6, 6.07) is 89.3. The van der Waals surface area contributed by atoms with E-state index in [2.05, 4.69) is 289 Å². The molecule has 0 bridgehead atoms. The fraction of sp³-hybridized carbons (Fsp3) is 0.0625. The van der Waals surface area contributed by atoms with E-state index in [9.17, 15) is 0 Å². The lowest BCUT2D eigenvalue weighted by atomic mass is 10.1. The van der Waals surface area contributed by atoms with Gasteiger partial charge in [-0.3, -0.25) is 0 Å². The average Bonchev–Trinajstić information content (AvgIpc) is 3.91. The van der Waals surface area contributed by atoms with Crippen LogP contribution in [0.1, 0.15) is 11.1 Å². The molecule has 0 radical (unpaired) electrons. The number of para-hydroxylation sites is 4. The molecule has 0 atom stereocenters. The second-order valence-electron chi connectivity index (χ2n) is 18.8. The fourth-order valence-electron chi connectivity index (χ4n) is 10.4. The van der Waals surface area contributed by atoms with Gasteiger partial charge in [0.15, 0.2) is 0 Å². The standard InChI is InChI=1S/C64H52N4Si/c1-45-23-27-49(28-24-45)65(53-35-41-63-59(43-53)57-19-11-13-21-61(57)67(63)47-15-7-5-8-16-47)51-31-37-55(38-32-51)69(3,4)56-39-33-52(34-40-56)66(50-29-25-46(2)26-30-50)54-36-42-64-60(44-54)58-20-12-14-22-62(58)68(64)48-17-9-6-10-18-48/h5-44H,1-4H3. The molecule has 0 saturated heterocycles. The molecule has 2 heterocycles. The Morgan fingerprint density at radius 3 is 0.971 bits per heavy atom. The highest BCUT2D eigenvalue weighted by Gasteiger charge is 2.27. The van der Waals surface area contributed by atoms with Crippen LogP contribution in [0.2, 0.25) is 13.1 Å². The minimum absolute atomic E-state index is 1.13. The summed E-state index contributed by atoms with van der Waals surface area (Å²) in [7, 11) is -2.14. The lowest BCUT2D eigenvalue weighted by Gasteiger charge is -2.29. The van der Waals surface area contributed by atoms with Crippen LogP contribution in [-0.4, -0.2) is 17.2 Å². The van der Waals surface area contributed by atoms with Crippen molar-refractivity contribution < 1.29 is 0 Å². The number of rotatable bonds is 10. The van der Waals surface area contributed by atoms with E-state index < -0.39 is 8.07 Å². The van der Waals surface area contributed by atoms with E-state index in [-0.39, 0.29) is 0 Å². The second kappa shape index (κ2) is 17.0. The summed E-state index contributed by atoms with van der Waals surface area (Å²) < 4.78 is 4.76. The molecule has 4 nitrogen and oxygen atoms in total. The van der Waals surface area contributed by atoms with Crippen molar-refractivity contribution in [3.05, 3.63) is 254 Å². The van der Waals surface area contributed by atoms with Gasteiger partial charge in [-0.1, -0.05) is 156 Å². The first kappa shape index (κ1) is 42.0. The van der Waals surface area contributed by atoms with Crippen LogP contribution in [-0.2, 0) is 0 Å².